The quantitative estimate of drug-likeness (QED) is 0.399. The van der Waals surface area contributed by atoms with Crippen LogP contribution in [0.3, 0.4) is 0 Å². The number of rotatable bonds is 6. The number of cyclic esters (lactones) is 1. The van der Waals surface area contributed by atoms with Gasteiger partial charge in [-0.1, -0.05) is 6.92 Å². The zero-order valence-corrected chi connectivity index (χ0v) is 21.6. The molecule has 0 fully saturated rings. The molecule has 1 N–H and O–H groups in total. The number of aryl methyl sites for hydroxylation is 1. The molecule has 0 spiro atoms. The molecule has 0 saturated carbocycles. The van der Waals surface area contributed by atoms with E-state index in [4.69, 9.17) is 19.2 Å². The number of carbonyl (C=O) groups is 1. The molecule has 2 aromatic heterocycles. The maximum absolute atomic E-state index is 13.6. The molecule has 194 valence electrons. The Kier molecular flexibility index (Phi) is 5.54. The minimum absolute atomic E-state index is 0.109. The van der Waals surface area contributed by atoms with Gasteiger partial charge in [-0.25, -0.2) is 9.78 Å². The predicted molar refractivity (Wildman–Crippen MR) is 137 cm³/mol. The molecule has 5 heterocycles. The molecule has 3 aliphatic rings. The van der Waals surface area contributed by atoms with Crippen LogP contribution in [0.5, 0.6) is 11.5 Å². The van der Waals surface area contributed by atoms with Gasteiger partial charge in [0.15, 0.2) is 17.1 Å². The highest BCUT2D eigenvalue weighted by atomic mass is 16.7. The van der Waals surface area contributed by atoms with Gasteiger partial charge in [-0.15, -0.1) is 0 Å². The predicted octanol–water partition coefficient (Wildman–Crippen LogP) is 3.08. The molecule has 1 aromatic carbocycles. The number of hydrogen-bond acceptors (Lipinski definition) is 8. The van der Waals surface area contributed by atoms with Gasteiger partial charge in [0.25, 0.3) is 5.56 Å². The van der Waals surface area contributed by atoms with E-state index in [-0.39, 0.29) is 25.4 Å². The molecule has 9 heteroatoms. The molecule has 1 atom stereocenters. The lowest BCUT2D eigenvalue weighted by molar-refractivity contribution is -0.172. The number of benzene rings is 1. The number of esters is 1. The van der Waals surface area contributed by atoms with Gasteiger partial charge in [-0.3, -0.25) is 4.79 Å². The topological polar surface area (TPSA) is 103 Å². The summed E-state index contributed by atoms with van der Waals surface area (Å²) in [6.07, 6.45) is 1.85. The summed E-state index contributed by atoms with van der Waals surface area (Å²) in [6, 6.07) is 6.09. The van der Waals surface area contributed by atoms with E-state index in [0.717, 1.165) is 41.4 Å². The van der Waals surface area contributed by atoms with Gasteiger partial charge in [0.05, 0.1) is 29.0 Å². The van der Waals surface area contributed by atoms with Crippen LogP contribution in [-0.2, 0) is 34.7 Å². The minimum atomic E-state index is -1.85. The van der Waals surface area contributed by atoms with Crippen LogP contribution in [0.15, 0.2) is 23.0 Å². The van der Waals surface area contributed by atoms with Crippen LogP contribution in [0.4, 0.5) is 0 Å². The van der Waals surface area contributed by atoms with E-state index in [1.165, 1.54) is 0 Å². The third kappa shape index (κ3) is 3.55. The lowest BCUT2D eigenvalue weighted by Gasteiger charge is -2.31. The van der Waals surface area contributed by atoms with Crippen molar-refractivity contribution in [3.63, 3.8) is 0 Å². The Morgan fingerprint density at radius 1 is 1.14 bits per heavy atom. The van der Waals surface area contributed by atoms with Crippen molar-refractivity contribution in [3.8, 4) is 22.9 Å². The molecule has 0 amide bonds. The third-order valence-corrected chi connectivity index (χ3v) is 8.12. The second kappa shape index (κ2) is 8.56. The van der Waals surface area contributed by atoms with Gasteiger partial charge in [-0.05, 0) is 64.4 Å². The molecular weight excluding hydrogens is 474 g/mol. The summed E-state index contributed by atoms with van der Waals surface area (Å²) in [5.74, 6) is 0.621. The Morgan fingerprint density at radius 2 is 1.89 bits per heavy atom. The molecule has 0 aliphatic carbocycles. The lowest BCUT2D eigenvalue weighted by atomic mass is 9.86. The van der Waals surface area contributed by atoms with Crippen molar-refractivity contribution in [2.24, 2.45) is 0 Å². The highest BCUT2D eigenvalue weighted by Crippen LogP contribution is 2.43. The highest BCUT2D eigenvalue weighted by molar-refractivity contribution is 5.91. The third-order valence-electron chi connectivity index (χ3n) is 8.12. The summed E-state index contributed by atoms with van der Waals surface area (Å²) in [5, 5.41) is 12.2. The molecule has 0 bridgehead atoms. The van der Waals surface area contributed by atoms with Gasteiger partial charge in [0.1, 0.15) is 6.61 Å². The van der Waals surface area contributed by atoms with Crippen LogP contribution in [0, 0.1) is 0 Å². The average molecular weight is 506 g/mol. The van der Waals surface area contributed by atoms with Crippen molar-refractivity contribution >= 4 is 16.9 Å². The maximum atomic E-state index is 13.6. The van der Waals surface area contributed by atoms with Crippen molar-refractivity contribution < 1.29 is 24.1 Å². The van der Waals surface area contributed by atoms with Crippen LogP contribution in [0.2, 0.25) is 0 Å². The van der Waals surface area contributed by atoms with Crippen molar-refractivity contribution in [1.82, 2.24) is 14.5 Å². The number of aliphatic hydroxyl groups is 1. The van der Waals surface area contributed by atoms with Crippen molar-refractivity contribution in [1.29, 1.82) is 0 Å². The fourth-order valence-electron chi connectivity index (χ4n) is 5.60. The van der Waals surface area contributed by atoms with E-state index in [9.17, 15) is 14.7 Å². The fraction of sp³-hybridized carbons (Fsp3) is 0.464. The van der Waals surface area contributed by atoms with Gasteiger partial charge in [0.2, 0.25) is 6.79 Å². The first-order chi connectivity index (χ1) is 17.7. The molecular formula is C28H31N3O6. The molecule has 9 nitrogen and oxygen atoms in total. The number of aromatic nitrogens is 2. The Bertz CT molecular complexity index is 1510. The molecule has 0 unspecified atom stereocenters. The van der Waals surface area contributed by atoms with Crippen LogP contribution in [0.1, 0.15) is 55.9 Å². The van der Waals surface area contributed by atoms with E-state index in [1.54, 1.807) is 17.6 Å². The monoisotopic (exact) mass is 505 g/mol. The zero-order valence-electron chi connectivity index (χ0n) is 21.6. The van der Waals surface area contributed by atoms with E-state index in [0.29, 0.717) is 46.6 Å². The Hall–Kier alpha value is -3.43. The number of nitrogens with zero attached hydrogens (tertiary/aromatic N) is 3. The van der Waals surface area contributed by atoms with Crippen molar-refractivity contribution in [2.75, 3.05) is 20.4 Å². The lowest BCUT2D eigenvalue weighted by Crippen LogP contribution is -2.44. The molecule has 3 aliphatic heterocycles. The van der Waals surface area contributed by atoms with Crippen LogP contribution in [0.25, 0.3) is 22.3 Å². The van der Waals surface area contributed by atoms with Gasteiger partial charge >= 0.3 is 5.97 Å². The standard InChI is InChI=1S/C28H31N3O6/c1-5-28(34)20-10-22-25-18(12-31(22)26(32)19(20)13-35-27(28)33)16(7-6-8-30(4)15(2)3)17-9-23-24(37-14-36-23)11-21(17)29-25/h9-11,15,34H,5-8,12-14H2,1-4H3/t28-/m0/s1. The number of fused-ring (bicyclic) bond motifs is 6. The molecule has 3 aromatic rings. The number of carbonyl (C=O) groups excluding carboxylic acids is 1. The van der Waals surface area contributed by atoms with Gasteiger partial charge < -0.3 is 28.8 Å². The Labute approximate surface area is 214 Å². The number of ether oxygens (including phenoxy) is 3. The van der Waals surface area contributed by atoms with E-state index >= 15 is 0 Å². The fourth-order valence-corrected chi connectivity index (χ4v) is 5.60. The van der Waals surface area contributed by atoms with Crippen LogP contribution < -0.4 is 15.0 Å². The Morgan fingerprint density at radius 3 is 2.62 bits per heavy atom. The van der Waals surface area contributed by atoms with Gasteiger partial charge in [0, 0.05) is 28.6 Å². The molecule has 6 rings (SSSR count). The normalized spacial score (nSPS) is 19.4. The van der Waals surface area contributed by atoms with E-state index in [2.05, 4.69) is 25.8 Å². The largest absolute Gasteiger partial charge is 0.458 e. The zero-order chi connectivity index (χ0) is 26.1. The summed E-state index contributed by atoms with van der Waals surface area (Å²) in [7, 11) is 2.12. The minimum Gasteiger partial charge on any atom is -0.458 e. The first-order valence-corrected chi connectivity index (χ1v) is 12.9. The summed E-state index contributed by atoms with van der Waals surface area (Å²) in [5.41, 5.74) is 2.75. The van der Waals surface area contributed by atoms with Crippen LogP contribution >= 0.6 is 0 Å². The summed E-state index contributed by atoms with van der Waals surface area (Å²) in [4.78, 5) is 33.4. The second-order valence-electron chi connectivity index (χ2n) is 10.4. The highest BCUT2D eigenvalue weighted by Gasteiger charge is 2.45. The van der Waals surface area contributed by atoms with Gasteiger partial charge in [-0.2, -0.15) is 0 Å². The molecule has 0 saturated heterocycles. The Balaban J connectivity index is 1.53. The molecule has 0 radical (unpaired) electrons. The summed E-state index contributed by atoms with van der Waals surface area (Å²) >= 11 is 0. The SMILES string of the molecule is CC[C@@]1(O)C(=O)OCc2c1cc1n(c2=O)Cc2c-1nc1cc3c(cc1c2CCCN(C)C(C)C)OCO3. The smallest absolute Gasteiger partial charge is 0.343 e. The van der Waals surface area contributed by atoms with Crippen molar-refractivity contribution in [3.05, 3.63) is 50.8 Å². The number of pyridine rings is 2. The summed E-state index contributed by atoms with van der Waals surface area (Å²) in [6.45, 7) is 7.41. The van der Waals surface area contributed by atoms with Crippen LogP contribution in [-0.4, -0.2) is 52.0 Å². The second-order valence-corrected chi connectivity index (χ2v) is 10.4. The first kappa shape index (κ1) is 23.9. The maximum Gasteiger partial charge on any atom is 0.343 e. The molecule has 37 heavy (non-hydrogen) atoms. The van der Waals surface area contributed by atoms with E-state index < -0.39 is 11.6 Å². The first-order valence-electron chi connectivity index (χ1n) is 12.9. The van der Waals surface area contributed by atoms with E-state index in [1.807, 2.05) is 12.1 Å². The number of hydrogen-bond donors (Lipinski definition) is 1. The van der Waals surface area contributed by atoms with Crippen molar-refractivity contribution in [2.45, 2.75) is 64.8 Å². The summed E-state index contributed by atoms with van der Waals surface area (Å²) < 4.78 is 18.2. The average Bonchev–Trinajstić information content (AvgIpc) is 3.49.